The van der Waals surface area contributed by atoms with Gasteiger partial charge in [-0.2, -0.15) is 0 Å². The van der Waals surface area contributed by atoms with Gasteiger partial charge in [-0.3, -0.25) is 13.9 Å². The maximum absolute atomic E-state index is 13.7. The zero-order chi connectivity index (χ0) is 26.2. The predicted octanol–water partition coefficient (Wildman–Crippen LogP) is 2.72. The standard InChI is InChI=1S/C25H35N3O6S/c1-7-21(25(30)26-8-2)27(16-19-11-9-18(3)10-12-19)24(29)17-28(35(6,31)32)22-14-13-20(33-4)15-23(22)34-5/h9-15,21H,7-8,16-17H2,1-6H3,(H,26,30). The number of likely N-dealkylation sites (N-methyl/N-ethyl adjacent to an activating group) is 1. The van der Waals surface area contributed by atoms with E-state index in [4.69, 9.17) is 9.47 Å². The molecule has 35 heavy (non-hydrogen) atoms. The number of carbonyl (C=O) groups is 2. The summed E-state index contributed by atoms with van der Waals surface area (Å²) in [6.07, 6.45) is 1.39. The van der Waals surface area contributed by atoms with Crippen molar-refractivity contribution in [2.75, 3.05) is 37.9 Å². The molecule has 0 heterocycles. The molecule has 0 saturated heterocycles. The Balaban J connectivity index is 2.49. The van der Waals surface area contributed by atoms with Crippen LogP contribution in [0.25, 0.3) is 0 Å². The molecule has 2 aromatic rings. The number of aryl methyl sites for hydroxylation is 1. The van der Waals surface area contributed by atoms with Crippen molar-refractivity contribution in [3.63, 3.8) is 0 Å². The van der Waals surface area contributed by atoms with Crippen LogP contribution >= 0.6 is 0 Å². The van der Waals surface area contributed by atoms with Crippen molar-refractivity contribution in [3.8, 4) is 11.5 Å². The molecule has 2 rings (SSSR count). The Morgan fingerprint density at radius 2 is 1.69 bits per heavy atom. The van der Waals surface area contributed by atoms with Gasteiger partial charge in [0.15, 0.2) is 0 Å². The van der Waals surface area contributed by atoms with Crippen LogP contribution in [0.1, 0.15) is 31.4 Å². The number of amides is 2. The van der Waals surface area contributed by atoms with Gasteiger partial charge in [-0.05, 0) is 38.0 Å². The molecular formula is C25H35N3O6S. The topological polar surface area (TPSA) is 105 Å². The number of nitrogens with one attached hydrogen (secondary N) is 1. The molecule has 1 atom stereocenters. The first kappa shape index (κ1) is 28.0. The van der Waals surface area contributed by atoms with Gasteiger partial charge in [0.1, 0.15) is 24.1 Å². The summed E-state index contributed by atoms with van der Waals surface area (Å²) in [7, 11) is -0.979. The summed E-state index contributed by atoms with van der Waals surface area (Å²) in [4.78, 5) is 27.9. The highest BCUT2D eigenvalue weighted by molar-refractivity contribution is 7.92. The Morgan fingerprint density at radius 3 is 2.20 bits per heavy atom. The molecule has 1 unspecified atom stereocenters. The van der Waals surface area contributed by atoms with E-state index in [9.17, 15) is 18.0 Å². The van der Waals surface area contributed by atoms with Crippen LogP contribution in [-0.2, 0) is 26.2 Å². The van der Waals surface area contributed by atoms with E-state index < -0.39 is 28.5 Å². The first-order chi connectivity index (χ1) is 16.5. The number of hydrogen-bond donors (Lipinski definition) is 1. The van der Waals surface area contributed by atoms with Crippen molar-refractivity contribution in [2.24, 2.45) is 0 Å². The van der Waals surface area contributed by atoms with E-state index in [1.165, 1.54) is 25.2 Å². The van der Waals surface area contributed by atoms with Crippen LogP contribution in [0.3, 0.4) is 0 Å². The first-order valence-electron chi connectivity index (χ1n) is 11.4. The van der Waals surface area contributed by atoms with Crippen molar-refractivity contribution in [3.05, 3.63) is 53.6 Å². The number of hydrogen-bond acceptors (Lipinski definition) is 6. The third-order valence-electron chi connectivity index (χ3n) is 5.55. The van der Waals surface area contributed by atoms with E-state index in [0.717, 1.165) is 21.7 Å². The number of carbonyl (C=O) groups excluding carboxylic acids is 2. The minimum absolute atomic E-state index is 0.159. The Kier molecular flexibility index (Phi) is 9.94. The highest BCUT2D eigenvalue weighted by Crippen LogP contribution is 2.33. The third-order valence-corrected chi connectivity index (χ3v) is 6.67. The predicted molar refractivity (Wildman–Crippen MR) is 136 cm³/mol. The molecule has 0 aromatic heterocycles. The van der Waals surface area contributed by atoms with E-state index >= 15 is 0 Å². The lowest BCUT2D eigenvalue weighted by atomic mass is 10.1. The Bertz CT molecular complexity index is 1120. The van der Waals surface area contributed by atoms with Crippen LogP contribution in [0.15, 0.2) is 42.5 Å². The molecule has 0 aliphatic heterocycles. The molecule has 1 N–H and O–H groups in total. The summed E-state index contributed by atoms with van der Waals surface area (Å²) in [5, 5.41) is 2.77. The number of benzene rings is 2. The van der Waals surface area contributed by atoms with Crippen molar-refractivity contribution >= 4 is 27.5 Å². The number of anilines is 1. The van der Waals surface area contributed by atoms with E-state index in [1.54, 1.807) is 19.1 Å². The molecule has 2 aromatic carbocycles. The molecule has 0 aliphatic carbocycles. The quantitative estimate of drug-likeness (QED) is 0.476. The maximum atomic E-state index is 13.7. The minimum Gasteiger partial charge on any atom is -0.497 e. The smallest absolute Gasteiger partial charge is 0.244 e. The molecule has 10 heteroatoms. The van der Waals surface area contributed by atoms with E-state index in [0.29, 0.717) is 18.7 Å². The second-order valence-corrected chi connectivity index (χ2v) is 10.0. The van der Waals surface area contributed by atoms with Gasteiger partial charge >= 0.3 is 0 Å². The molecule has 2 amide bonds. The molecule has 0 bridgehead atoms. The number of sulfonamides is 1. The molecule has 0 spiro atoms. The van der Waals surface area contributed by atoms with Gasteiger partial charge in [0.25, 0.3) is 0 Å². The van der Waals surface area contributed by atoms with E-state index in [-0.39, 0.29) is 23.9 Å². The highest BCUT2D eigenvalue weighted by Gasteiger charge is 2.32. The second-order valence-electron chi connectivity index (χ2n) is 8.13. The van der Waals surface area contributed by atoms with Gasteiger partial charge < -0.3 is 19.7 Å². The Morgan fingerprint density at radius 1 is 1.03 bits per heavy atom. The van der Waals surface area contributed by atoms with Crippen molar-refractivity contribution < 1.29 is 27.5 Å². The lowest BCUT2D eigenvalue weighted by Crippen LogP contribution is -2.52. The summed E-state index contributed by atoms with van der Waals surface area (Å²) in [6.45, 7) is 5.66. The van der Waals surface area contributed by atoms with Gasteiger partial charge in [0, 0.05) is 19.2 Å². The van der Waals surface area contributed by atoms with Crippen LogP contribution in [0.5, 0.6) is 11.5 Å². The van der Waals surface area contributed by atoms with Gasteiger partial charge in [-0.15, -0.1) is 0 Å². The van der Waals surface area contributed by atoms with Crippen molar-refractivity contribution in [1.82, 2.24) is 10.2 Å². The summed E-state index contributed by atoms with van der Waals surface area (Å²) in [6, 6.07) is 11.5. The highest BCUT2D eigenvalue weighted by atomic mass is 32.2. The van der Waals surface area contributed by atoms with E-state index in [1.807, 2.05) is 38.1 Å². The monoisotopic (exact) mass is 505 g/mol. The van der Waals surface area contributed by atoms with Gasteiger partial charge in [-0.25, -0.2) is 8.42 Å². The molecule has 192 valence electrons. The van der Waals surface area contributed by atoms with Crippen LogP contribution in [0, 0.1) is 6.92 Å². The minimum atomic E-state index is -3.88. The fraction of sp³-hybridized carbons (Fsp3) is 0.440. The molecule has 9 nitrogen and oxygen atoms in total. The van der Waals surface area contributed by atoms with Crippen LogP contribution in [0.4, 0.5) is 5.69 Å². The average molecular weight is 506 g/mol. The zero-order valence-corrected chi connectivity index (χ0v) is 22.0. The average Bonchev–Trinajstić information content (AvgIpc) is 2.82. The molecule has 0 radical (unpaired) electrons. The lowest BCUT2D eigenvalue weighted by Gasteiger charge is -2.33. The van der Waals surface area contributed by atoms with Gasteiger partial charge in [-0.1, -0.05) is 36.8 Å². The molecule has 0 saturated carbocycles. The van der Waals surface area contributed by atoms with Gasteiger partial charge in [0.2, 0.25) is 21.8 Å². The second kappa shape index (κ2) is 12.4. The largest absolute Gasteiger partial charge is 0.497 e. The summed E-state index contributed by atoms with van der Waals surface area (Å²) < 4.78 is 37.1. The summed E-state index contributed by atoms with van der Waals surface area (Å²) >= 11 is 0. The molecule has 0 fully saturated rings. The van der Waals surface area contributed by atoms with Crippen molar-refractivity contribution in [2.45, 2.75) is 39.8 Å². The normalized spacial score (nSPS) is 11.9. The van der Waals surface area contributed by atoms with Gasteiger partial charge in [0.05, 0.1) is 26.2 Å². The van der Waals surface area contributed by atoms with E-state index in [2.05, 4.69) is 5.32 Å². The van der Waals surface area contributed by atoms with Crippen molar-refractivity contribution in [1.29, 1.82) is 0 Å². The Labute approximate surface area is 208 Å². The summed E-state index contributed by atoms with van der Waals surface area (Å²) in [5.41, 5.74) is 2.10. The number of nitrogens with zero attached hydrogens (tertiary/aromatic N) is 2. The number of methoxy groups -OCH3 is 2. The number of ether oxygens (including phenoxy) is 2. The van der Waals surface area contributed by atoms with Crippen LogP contribution in [-0.4, -0.2) is 64.7 Å². The van der Waals surface area contributed by atoms with Crippen LogP contribution in [0.2, 0.25) is 0 Å². The lowest BCUT2D eigenvalue weighted by molar-refractivity contribution is -0.140. The maximum Gasteiger partial charge on any atom is 0.244 e. The Hall–Kier alpha value is -3.27. The zero-order valence-electron chi connectivity index (χ0n) is 21.2. The number of rotatable bonds is 12. The molecule has 0 aliphatic rings. The van der Waals surface area contributed by atoms with Crippen LogP contribution < -0.4 is 19.1 Å². The SMILES string of the molecule is CCNC(=O)C(CC)N(Cc1ccc(C)cc1)C(=O)CN(c1ccc(OC)cc1OC)S(C)(=O)=O. The fourth-order valence-electron chi connectivity index (χ4n) is 3.69. The molecular weight excluding hydrogens is 470 g/mol. The first-order valence-corrected chi connectivity index (χ1v) is 13.2. The third kappa shape index (κ3) is 7.35. The summed E-state index contributed by atoms with van der Waals surface area (Å²) in [5.74, 6) is -0.0764. The fourth-order valence-corrected chi connectivity index (χ4v) is 4.54.